The molecule has 0 saturated carbocycles. The SMILES string of the molecule is CCCCCCC(CCCCCC)OC(=O)c1cccc2c1S/C(=C1\Sc3c(C(=O)OC(CCCCCC)CCCCCC)cccc3C1=O)C2=O. The van der Waals surface area contributed by atoms with E-state index in [4.69, 9.17) is 9.47 Å². The number of fused-ring (bicyclic) bond motifs is 2. The van der Waals surface area contributed by atoms with Crippen LogP contribution in [0.1, 0.15) is 198 Å². The number of Topliss-reactive ketones (excluding diaryl/α,β-unsaturated/α-hetero) is 2. The molecule has 52 heavy (non-hydrogen) atoms. The number of carbonyl (C=O) groups excluding carboxylic acids is 4. The number of carbonyl (C=O) groups is 4. The predicted molar refractivity (Wildman–Crippen MR) is 214 cm³/mol. The Labute approximate surface area is 321 Å². The first kappa shape index (κ1) is 41.9. The molecule has 2 aliphatic rings. The summed E-state index contributed by atoms with van der Waals surface area (Å²) in [6, 6.07) is 10.3. The summed E-state index contributed by atoms with van der Waals surface area (Å²) in [7, 11) is 0. The number of rotatable bonds is 24. The molecule has 0 amide bonds. The van der Waals surface area contributed by atoms with Crippen molar-refractivity contribution in [3.63, 3.8) is 0 Å². The fraction of sp³-hybridized carbons (Fsp3) is 0.591. The van der Waals surface area contributed by atoms with Gasteiger partial charge in [0.05, 0.1) is 20.9 Å². The summed E-state index contributed by atoms with van der Waals surface area (Å²) in [5.41, 5.74) is 1.53. The fourth-order valence-electron chi connectivity index (χ4n) is 6.96. The third-order valence-corrected chi connectivity index (χ3v) is 12.7. The molecule has 0 saturated heterocycles. The Hall–Kier alpha value is -2.84. The molecule has 0 aliphatic carbocycles. The van der Waals surface area contributed by atoms with E-state index in [-0.39, 0.29) is 23.8 Å². The molecule has 4 rings (SSSR count). The van der Waals surface area contributed by atoms with Crippen LogP contribution in [0.25, 0.3) is 0 Å². The zero-order chi connectivity index (χ0) is 37.3. The van der Waals surface area contributed by atoms with Crippen LogP contribution in [0.3, 0.4) is 0 Å². The first-order chi connectivity index (χ1) is 25.3. The van der Waals surface area contributed by atoms with E-state index in [1.54, 1.807) is 36.4 Å². The molecular weight excluding hydrogens is 689 g/mol. The number of unbranched alkanes of at least 4 members (excludes halogenated alkanes) is 12. The van der Waals surface area contributed by atoms with Crippen LogP contribution in [-0.4, -0.2) is 35.7 Å². The van der Waals surface area contributed by atoms with E-state index in [0.29, 0.717) is 41.9 Å². The molecule has 0 spiro atoms. The molecule has 0 bridgehead atoms. The Bertz CT molecular complexity index is 1410. The van der Waals surface area contributed by atoms with Crippen molar-refractivity contribution in [2.24, 2.45) is 0 Å². The summed E-state index contributed by atoms with van der Waals surface area (Å²) in [6.07, 6.45) is 20.8. The highest BCUT2D eigenvalue weighted by Crippen LogP contribution is 2.51. The largest absolute Gasteiger partial charge is 0.459 e. The molecule has 284 valence electrons. The molecule has 2 aromatic rings. The monoisotopic (exact) mass is 748 g/mol. The second kappa shape index (κ2) is 22.4. The van der Waals surface area contributed by atoms with Gasteiger partial charge in [-0.05, 0) is 75.6 Å². The second-order valence-electron chi connectivity index (χ2n) is 14.3. The van der Waals surface area contributed by atoms with E-state index in [1.807, 2.05) is 0 Å². The maximum Gasteiger partial charge on any atom is 0.339 e. The molecule has 8 heteroatoms. The first-order valence-corrected chi connectivity index (χ1v) is 21.8. The van der Waals surface area contributed by atoms with Crippen molar-refractivity contribution in [3.8, 4) is 0 Å². The van der Waals surface area contributed by atoms with Crippen molar-refractivity contribution in [3.05, 3.63) is 68.5 Å². The fourth-order valence-corrected chi connectivity index (χ4v) is 9.46. The number of allylic oxidation sites excluding steroid dienone is 2. The highest BCUT2D eigenvalue weighted by molar-refractivity contribution is 8.08. The minimum Gasteiger partial charge on any atom is -0.459 e. The summed E-state index contributed by atoms with van der Waals surface area (Å²) >= 11 is 2.34. The van der Waals surface area contributed by atoms with E-state index >= 15 is 0 Å². The van der Waals surface area contributed by atoms with Gasteiger partial charge < -0.3 is 9.47 Å². The number of benzene rings is 2. The van der Waals surface area contributed by atoms with Crippen LogP contribution in [0.15, 0.2) is 56.0 Å². The van der Waals surface area contributed by atoms with E-state index in [1.165, 1.54) is 49.2 Å². The van der Waals surface area contributed by atoms with Gasteiger partial charge in [-0.15, -0.1) is 0 Å². The van der Waals surface area contributed by atoms with E-state index in [0.717, 1.165) is 103 Å². The quantitative estimate of drug-likeness (QED) is 0.0596. The number of thioether (sulfide) groups is 2. The highest BCUT2D eigenvalue weighted by Gasteiger charge is 2.39. The van der Waals surface area contributed by atoms with Crippen LogP contribution in [0, 0.1) is 0 Å². The third-order valence-electron chi connectivity index (χ3n) is 10.1. The van der Waals surface area contributed by atoms with Crippen LogP contribution in [0.2, 0.25) is 0 Å². The number of esters is 2. The molecule has 0 radical (unpaired) electrons. The summed E-state index contributed by atoms with van der Waals surface area (Å²) < 4.78 is 12.3. The van der Waals surface area contributed by atoms with E-state index in [9.17, 15) is 19.2 Å². The van der Waals surface area contributed by atoms with E-state index in [2.05, 4.69) is 27.7 Å². The van der Waals surface area contributed by atoms with Gasteiger partial charge in [0.25, 0.3) is 0 Å². The first-order valence-electron chi connectivity index (χ1n) is 20.2. The normalized spacial score (nSPS) is 15.1. The average molecular weight is 749 g/mol. The lowest BCUT2D eigenvalue weighted by atomic mass is 10.0. The van der Waals surface area contributed by atoms with Crippen LogP contribution in [0.4, 0.5) is 0 Å². The Morgan fingerprint density at radius 2 is 0.827 bits per heavy atom. The highest BCUT2D eigenvalue weighted by atomic mass is 32.2. The van der Waals surface area contributed by atoms with Gasteiger partial charge in [0.2, 0.25) is 11.6 Å². The Balaban J connectivity index is 1.51. The molecule has 2 aromatic carbocycles. The average Bonchev–Trinajstić information content (AvgIpc) is 3.67. The van der Waals surface area contributed by atoms with Gasteiger partial charge in [-0.25, -0.2) is 9.59 Å². The van der Waals surface area contributed by atoms with E-state index < -0.39 is 11.9 Å². The van der Waals surface area contributed by atoms with Crippen LogP contribution in [-0.2, 0) is 9.47 Å². The Morgan fingerprint density at radius 3 is 1.13 bits per heavy atom. The van der Waals surface area contributed by atoms with Crippen molar-refractivity contribution >= 4 is 47.0 Å². The van der Waals surface area contributed by atoms with Gasteiger partial charge >= 0.3 is 11.9 Å². The molecular formula is C44H60O6S2. The molecule has 0 unspecified atom stereocenters. The summed E-state index contributed by atoms with van der Waals surface area (Å²) in [5, 5.41) is 0. The van der Waals surface area contributed by atoms with Gasteiger partial charge in [-0.3, -0.25) is 9.59 Å². The molecule has 0 N–H and O–H groups in total. The van der Waals surface area contributed by atoms with Gasteiger partial charge in [0.15, 0.2) is 0 Å². The minimum absolute atomic E-state index is 0.163. The lowest BCUT2D eigenvalue weighted by molar-refractivity contribution is 0.0235. The van der Waals surface area contributed by atoms with Crippen molar-refractivity contribution in [1.82, 2.24) is 0 Å². The molecule has 6 nitrogen and oxygen atoms in total. The third kappa shape index (κ3) is 11.6. The molecule has 2 aliphatic heterocycles. The summed E-state index contributed by atoms with van der Waals surface area (Å²) in [5.74, 6) is -1.40. The van der Waals surface area contributed by atoms with Crippen LogP contribution < -0.4 is 0 Å². The minimum atomic E-state index is -0.419. The van der Waals surface area contributed by atoms with Crippen molar-refractivity contribution in [2.75, 3.05) is 0 Å². The number of hydrogen-bond donors (Lipinski definition) is 0. The van der Waals surface area contributed by atoms with Gasteiger partial charge in [0.1, 0.15) is 12.2 Å². The van der Waals surface area contributed by atoms with Crippen molar-refractivity contribution in [1.29, 1.82) is 0 Å². The number of ketones is 2. The maximum absolute atomic E-state index is 13.9. The maximum atomic E-state index is 13.9. The van der Waals surface area contributed by atoms with Gasteiger partial charge in [0, 0.05) is 20.9 Å². The van der Waals surface area contributed by atoms with Crippen molar-refractivity contribution in [2.45, 2.75) is 178 Å². The standard InChI is InChI=1S/C44H60O6S2/c1-5-9-13-17-23-31(24-18-14-10-6-2)49-43(47)35-29-21-27-33-37(45)41(51-39(33)35)42-38(46)34-28-22-30-36(40(34)52-42)44(48)50-32(25-19-15-11-7-3)26-20-16-12-8-4/h21-22,27-32H,5-20,23-26H2,1-4H3/b42-41-. The predicted octanol–water partition coefficient (Wildman–Crippen LogP) is 13.1. The number of hydrogen-bond acceptors (Lipinski definition) is 8. The summed E-state index contributed by atoms with van der Waals surface area (Å²) in [6.45, 7) is 8.75. The second-order valence-corrected chi connectivity index (χ2v) is 16.4. The number of ether oxygens (including phenoxy) is 2. The summed E-state index contributed by atoms with van der Waals surface area (Å²) in [4.78, 5) is 56.7. The van der Waals surface area contributed by atoms with Crippen molar-refractivity contribution < 1.29 is 28.7 Å². The molecule has 0 atom stereocenters. The molecule has 0 aromatic heterocycles. The zero-order valence-corrected chi connectivity index (χ0v) is 33.7. The topological polar surface area (TPSA) is 86.7 Å². The van der Waals surface area contributed by atoms with Crippen LogP contribution >= 0.6 is 23.5 Å². The van der Waals surface area contributed by atoms with Gasteiger partial charge in [-0.2, -0.15) is 0 Å². The Morgan fingerprint density at radius 1 is 0.500 bits per heavy atom. The lowest BCUT2D eigenvalue weighted by Crippen LogP contribution is -2.19. The van der Waals surface area contributed by atoms with Gasteiger partial charge in [-0.1, -0.05) is 140 Å². The lowest BCUT2D eigenvalue weighted by Gasteiger charge is -2.19. The van der Waals surface area contributed by atoms with Crippen LogP contribution in [0.5, 0.6) is 0 Å². The molecule has 2 heterocycles. The smallest absolute Gasteiger partial charge is 0.339 e. The molecule has 0 fully saturated rings. The Kier molecular flexibility index (Phi) is 18.0. The zero-order valence-electron chi connectivity index (χ0n) is 32.0.